The number of carbonyl (C=O) groups is 1. The van der Waals surface area contributed by atoms with Crippen molar-refractivity contribution in [3.8, 4) is 11.5 Å². The largest absolute Gasteiger partial charge is 0.493 e. The van der Waals surface area contributed by atoms with Crippen LogP contribution in [0.3, 0.4) is 0 Å². The number of aryl methyl sites for hydroxylation is 1. The molecule has 0 bridgehead atoms. The third-order valence-electron chi connectivity index (χ3n) is 5.79. The van der Waals surface area contributed by atoms with Crippen molar-refractivity contribution in [1.82, 2.24) is 19.4 Å². The van der Waals surface area contributed by atoms with Crippen LogP contribution in [0, 0.1) is 0 Å². The molecule has 0 saturated carbocycles. The molecule has 0 N–H and O–H groups in total. The summed E-state index contributed by atoms with van der Waals surface area (Å²) in [5, 5.41) is 1.06. The zero-order valence-corrected chi connectivity index (χ0v) is 19.4. The fraction of sp³-hybridized carbons (Fsp3) is 0.391. The van der Waals surface area contributed by atoms with E-state index in [2.05, 4.69) is 14.9 Å². The average molecular weight is 472 g/mol. The van der Waals surface area contributed by atoms with Crippen LogP contribution < -0.4 is 19.9 Å². The van der Waals surface area contributed by atoms with Gasteiger partial charge in [-0.3, -0.25) is 14.2 Å². The smallest absolute Gasteiger partial charge is 0.261 e. The summed E-state index contributed by atoms with van der Waals surface area (Å²) in [6, 6.07) is 7.03. The number of nitrogens with zero attached hydrogens (tertiary/aromatic N) is 5. The summed E-state index contributed by atoms with van der Waals surface area (Å²) in [6.45, 7) is 3.14. The molecule has 174 valence electrons. The molecule has 1 amide bonds. The second-order valence-electron chi connectivity index (χ2n) is 7.77. The van der Waals surface area contributed by atoms with Crippen molar-refractivity contribution in [2.45, 2.75) is 19.4 Å². The van der Waals surface area contributed by atoms with Gasteiger partial charge in [-0.25, -0.2) is 9.97 Å². The number of anilines is 1. The summed E-state index contributed by atoms with van der Waals surface area (Å²) in [4.78, 5) is 38.3. The minimum absolute atomic E-state index is 0.0897. The Morgan fingerprint density at radius 3 is 2.45 bits per heavy atom. The van der Waals surface area contributed by atoms with E-state index in [-0.39, 0.29) is 11.5 Å². The summed E-state index contributed by atoms with van der Waals surface area (Å²) < 4.78 is 12.1. The van der Waals surface area contributed by atoms with Crippen molar-refractivity contribution in [3.05, 3.63) is 52.2 Å². The minimum atomic E-state index is -0.169. The fourth-order valence-electron chi connectivity index (χ4n) is 3.94. The molecule has 3 aromatic rings. The molecule has 33 heavy (non-hydrogen) atoms. The summed E-state index contributed by atoms with van der Waals surface area (Å²) in [5.74, 6) is 1.95. The van der Waals surface area contributed by atoms with E-state index in [0.717, 1.165) is 18.9 Å². The number of halogens is 1. The number of carbonyl (C=O) groups excluding carboxylic acids is 1. The molecule has 0 unspecified atom stereocenters. The molecule has 2 aromatic heterocycles. The van der Waals surface area contributed by atoms with Crippen LogP contribution in [0.15, 0.2) is 41.6 Å². The molecule has 1 aliphatic heterocycles. The van der Waals surface area contributed by atoms with Gasteiger partial charge in [-0.05, 0) is 24.6 Å². The molecule has 3 heterocycles. The van der Waals surface area contributed by atoms with Crippen molar-refractivity contribution >= 4 is 34.2 Å². The molecule has 1 aliphatic rings. The maximum absolute atomic E-state index is 12.9. The molecule has 0 radical (unpaired) electrons. The molecule has 1 saturated heterocycles. The highest BCUT2D eigenvalue weighted by atomic mass is 35.5. The maximum Gasteiger partial charge on any atom is 0.261 e. The number of amides is 1. The third-order valence-corrected chi connectivity index (χ3v) is 6.01. The SMILES string of the molecule is COc1cc2ncn(CCCC(=O)N3CCN(c4ccc(Cl)cn4)CC3)c(=O)c2cc1OC. The van der Waals surface area contributed by atoms with Crippen LogP contribution in [0.1, 0.15) is 12.8 Å². The molecule has 1 aromatic carbocycles. The Morgan fingerprint density at radius 2 is 1.79 bits per heavy atom. The van der Waals surface area contributed by atoms with Gasteiger partial charge >= 0.3 is 0 Å². The molecule has 9 nitrogen and oxygen atoms in total. The first-order chi connectivity index (χ1) is 16.0. The van der Waals surface area contributed by atoms with E-state index < -0.39 is 0 Å². The molecule has 4 rings (SSSR count). The summed E-state index contributed by atoms with van der Waals surface area (Å²) in [6.07, 6.45) is 4.07. The Kier molecular flexibility index (Phi) is 6.98. The van der Waals surface area contributed by atoms with Gasteiger partial charge in [0, 0.05) is 51.4 Å². The van der Waals surface area contributed by atoms with Crippen molar-refractivity contribution in [1.29, 1.82) is 0 Å². The topological polar surface area (TPSA) is 89.8 Å². The van der Waals surface area contributed by atoms with Crippen LogP contribution in [-0.2, 0) is 11.3 Å². The molecule has 0 aliphatic carbocycles. The lowest BCUT2D eigenvalue weighted by Gasteiger charge is -2.35. The number of methoxy groups -OCH3 is 2. The van der Waals surface area contributed by atoms with Gasteiger partial charge in [-0.15, -0.1) is 0 Å². The van der Waals surface area contributed by atoms with Crippen molar-refractivity contribution in [2.24, 2.45) is 0 Å². The number of rotatable bonds is 7. The monoisotopic (exact) mass is 471 g/mol. The highest BCUT2D eigenvalue weighted by Crippen LogP contribution is 2.29. The first-order valence-electron chi connectivity index (χ1n) is 10.8. The third kappa shape index (κ3) is 5.03. The molecule has 10 heteroatoms. The number of hydrogen-bond donors (Lipinski definition) is 0. The van der Waals surface area contributed by atoms with Gasteiger partial charge in [0.2, 0.25) is 5.91 Å². The Hall–Kier alpha value is -3.33. The van der Waals surface area contributed by atoms with Crippen LogP contribution in [0.4, 0.5) is 5.82 Å². The van der Waals surface area contributed by atoms with E-state index in [4.69, 9.17) is 21.1 Å². The molecular formula is C23H26ClN5O4. The van der Waals surface area contributed by atoms with Crippen LogP contribution in [0.5, 0.6) is 11.5 Å². The van der Waals surface area contributed by atoms with Gasteiger partial charge in [0.25, 0.3) is 5.56 Å². The fourth-order valence-corrected chi connectivity index (χ4v) is 4.06. The quantitative estimate of drug-likeness (QED) is 0.523. The second-order valence-corrected chi connectivity index (χ2v) is 8.21. The Bertz CT molecular complexity index is 1190. The van der Waals surface area contributed by atoms with Crippen molar-refractivity contribution in [3.63, 3.8) is 0 Å². The van der Waals surface area contributed by atoms with Crippen LogP contribution in [0.25, 0.3) is 10.9 Å². The average Bonchev–Trinajstić information content (AvgIpc) is 2.85. The number of pyridine rings is 1. The van der Waals surface area contributed by atoms with Gasteiger partial charge in [-0.1, -0.05) is 11.6 Å². The van der Waals surface area contributed by atoms with E-state index in [1.807, 2.05) is 17.0 Å². The minimum Gasteiger partial charge on any atom is -0.493 e. The Labute approximate surface area is 196 Å². The highest BCUT2D eigenvalue weighted by Gasteiger charge is 2.21. The standard InChI is InChI=1S/C23H26ClN5O4/c1-32-19-12-17-18(13-20(19)33-2)26-15-29(23(17)31)7-3-4-22(30)28-10-8-27(9-11-28)21-6-5-16(24)14-25-21/h5-6,12-15H,3-4,7-11H2,1-2H3. The Morgan fingerprint density at radius 1 is 1.06 bits per heavy atom. The van der Waals surface area contributed by atoms with Gasteiger partial charge in [0.15, 0.2) is 11.5 Å². The van der Waals surface area contributed by atoms with E-state index >= 15 is 0 Å². The zero-order valence-electron chi connectivity index (χ0n) is 18.7. The second kappa shape index (κ2) is 10.1. The molecule has 0 atom stereocenters. The van der Waals surface area contributed by atoms with E-state index in [0.29, 0.717) is 59.9 Å². The van der Waals surface area contributed by atoms with Gasteiger partial charge in [0.1, 0.15) is 5.82 Å². The predicted octanol–water partition coefficient (Wildman–Crippen LogP) is 2.59. The van der Waals surface area contributed by atoms with E-state index in [1.54, 1.807) is 18.3 Å². The first-order valence-corrected chi connectivity index (χ1v) is 11.1. The maximum atomic E-state index is 12.9. The Balaban J connectivity index is 1.33. The lowest BCUT2D eigenvalue weighted by molar-refractivity contribution is -0.131. The van der Waals surface area contributed by atoms with E-state index in [1.165, 1.54) is 25.1 Å². The van der Waals surface area contributed by atoms with Gasteiger partial charge in [-0.2, -0.15) is 0 Å². The normalized spacial score (nSPS) is 13.9. The van der Waals surface area contributed by atoms with E-state index in [9.17, 15) is 9.59 Å². The molecule has 0 spiro atoms. The predicted molar refractivity (Wildman–Crippen MR) is 126 cm³/mol. The zero-order chi connectivity index (χ0) is 23.4. The summed E-state index contributed by atoms with van der Waals surface area (Å²) in [5.41, 5.74) is 0.371. The van der Waals surface area contributed by atoms with Crippen LogP contribution in [-0.4, -0.2) is 65.7 Å². The lowest BCUT2D eigenvalue weighted by Crippen LogP contribution is -2.49. The number of benzene rings is 1. The summed E-state index contributed by atoms with van der Waals surface area (Å²) in [7, 11) is 3.06. The molecule has 1 fully saturated rings. The highest BCUT2D eigenvalue weighted by molar-refractivity contribution is 6.30. The molecular weight excluding hydrogens is 446 g/mol. The number of fused-ring (bicyclic) bond motifs is 1. The van der Waals surface area contributed by atoms with Gasteiger partial charge in [0.05, 0.1) is 36.5 Å². The van der Waals surface area contributed by atoms with Gasteiger partial charge < -0.3 is 19.3 Å². The number of piperazine rings is 1. The van der Waals surface area contributed by atoms with Crippen LogP contribution in [0.2, 0.25) is 5.02 Å². The van der Waals surface area contributed by atoms with Crippen molar-refractivity contribution in [2.75, 3.05) is 45.3 Å². The number of hydrogen-bond acceptors (Lipinski definition) is 7. The lowest BCUT2D eigenvalue weighted by atomic mass is 10.2. The number of ether oxygens (including phenoxy) is 2. The van der Waals surface area contributed by atoms with Crippen LogP contribution >= 0.6 is 11.6 Å². The first kappa shape index (κ1) is 22.8. The van der Waals surface area contributed by atoms with Crippen molar-refractivity contribution < 1.29 is 14.3 Å². The number of aromatic nitrogens is 3. The summed E-state index contributed by atoms with van der Waals surface area (Å²) >= 11 is 5.90.